The van der Waals surface area contributed by atoms with Crippen LogP contribution in [0.4, 0.5) is 0 Å². The predicted molar refractivity (Wildman–Crippen MR) is 389 cm³/mol. The lowest BCUT2D eigenvalue weighted by atomic mass is 10.0. The maximum atomic E-state index is 9.78. The number of hydrogen-bond donors (Lipinski definition) is 0. The molecule has 0 aliphatic carbocycles. The van der Waals surface area contributed by atoms with Gasteiger partial charge in [0.1, 0.15) is 0 Å². The van der Waals surface area contributed by atoms with E-state index < -0.39 is 0 Å². The van der Waals surface area contributed by atoms with Crippen LogP contribution in [0.2, 0.25) is 0 Å². The molecule has 0 unspecified atom stereocenters. The second-order valence-electron chi connectivity index (χ2n) is 24.5. The highest BCUT2D eigenvalue weighted by Gasteiger charge is 2.21. The van der Waals surface area contributed by atoms with E-state index in [4.69, 9.17) is 9.97 Å². The van der Waals surface area contributed by atoms with E-state index in [1.165, 1.54) is 76.3 Å². The first kappa shape index (κ1) is 53.0. The summed E-state index contributed by atoms with van der Waals surface area (Å²) in [7, 11) is 0. The van der Waals surface area contributed by atoms with Crippen LogP contribution in [0.1, 0.15) is 5.56 Å². The van der Waals surface area contributed by atoms with Crippen LogP contribution < -0.4 is 0 Å². The number of para-hydroxylation sites is 6. The van der Waals surface area contributed by atoms with Gasteiger partial charge in [-0.25, -0.2) is 9.97 Å². The summed E-state index contributed by atoms with van der Waals surface area (Å²) >= 11 is 0. The average molecular weight is 1200 g/mol. The Labute approximate surface area is 540 Å². The quantitative estimate of drug-likeness (QED) is 0.145. The lowest BCUT2D eigenvalue weighted by molar-refractivity contribution is 1.15. The normalized spacial score (nSPS) is 11.8. The Bertz CT molecular complexity index is 6040. The molecule has 14 aromatic carbocycles. The van der Waals surface area contributed by atoms with Gasteiger partial charge >= 0.3 is 0 Å². The Kier molecular flexibility index (Phi) is 11.9. The molecule has 0 aliphatic rings. The van der Waals surface area contributed by atoms with Crippen LogP contribution in [-0.4, -0.2) is 28.2 Å². The predicted octanol–water partition coefficient (Wildman–Crippen LogP) is 22.2. The summed E-state index contributed by atoms with van der Waals surface area (Å²) in [6, 6.07) is 118. The number of fused-ring (bicyclic) bond motifs is 13. The summed E-state index contributed by atoms with van der Waals surface area (Å²) in [6.45, 7) is 0. The molecule has 0 radical (unpaired) electrons. The number of nitriles is 1. The van der Waals surface area contributed by atoms with Gasteiger partial charge in [-0.2, -0.15) is 5.26 Å². The van der Waals surface area contributed by atoms with Gasteiger partial charge in [-0.3, -0.25) is 0 Å². The van der Waals surface area contributed by atoms with E-state index in [1.807, 2.05) is 18.2 Å². The molecule has 0 spiro atoms. The second-order valence-corrected chi connectivity index (χ2v) is 24.5. The van der Waals surface area contributed by atoms with E-state index in [-0.39, 0.29) is 0 Å². The molecule has 0 atom stereocenters. The zero-order valence-corrected chi connectivity index (χ0v) is 50.7. The fourth-order valence-electron chi connectivity index (χ4n) is 14.8. The van der Waals surface area contributed by atoms with Crippen molar-refractivity contribution in [3.63, 3.8) is 0 Å². The molecule has 0 fully saturated rings. The smallest absolute Gasteiger partial charge is 0.160 e. The van der Waals surface area contributed by atoms with Gasteiger partial charge in [0.05, 0.1) is 67.2 Å². The number of benzene rings is 14. The average Bonchev–Trinajstić information content (AvgIpc) is 1.76. The minimum atomic E-state index is 0.610. The maximum Gasteiger partial charge on any atom is 0.160 e. The van der Waals surface area contributed by atoms with Crippen LogP contribution in [0.3, 0.4) is 0 Å². The number of aromatic nitrogens is 6. The van der Waals surface area contributed by atoms with Crippen LogP contribution >= 0.6 is 0 Å². The van der Waals surface area contributed by atoms with Crippen molar-refractivity contribution in [2.45, 2.75) is 0 Å². The topological polar surface area (TPSA) is 69.3 Å². The minimum Gasteiger partial charge on any atom is -0.309 e. The highest BCUT2D eigenvalue weighted by molar-refractivity contribution is 6.15. The molecule has 94 heavy (non-hydrogen) atoms. The van der Waals surface area contributed by atoms with E-state index in [9.17, 15) is 5.26 Å². The fraction of sp³-hybridized carbons (Fsp3) is 0. The van der Waals surface area contributed by atoms with Crippen LogP contribution in [0.15, 0.2) is 322 Å². The molecular weight excluding hydrogens is 1140 g/mol. The third kappa shape index (κ3) is 8.44. The van der Waals surface area contributed by atoms with E-state index in [1.54, 1.807) is 0 Å². The van der Waals surface area contributed by atoms with Gasteiger partial charge < -0.3 is 18.3 Å². The molecule has 7 heteroatoms. The monoisotopic (exact) mass is 1200 g/mol. The van der Waals surface area contributed by atoms with Crippen molar-refractivity contribution >= 4 is 98.0 Å². The summed E-state index contributed by atoms with van der Waals surface area (Å²) < 4.78 is 9.50. The van der Waals surface area contributed by atoms with Crippen LogP contribution in [-0.2, 0) is 0 Å². The second kappa shape index (κ2) is 21.1. The van der Waals surface area contributed by atoms with Crippen molar-refractivity contribution in [1.29, 1.82) is 5.26 Å². The van der Waals surface area contributed by atoms with Crippen LogP contribution in [0.25, 0.3) is 177 Å². The van der Waals surface area contributed by atoms with Crippen molar-refractivity contribution < 1.29 is 0 Å². The first-order chi connectivity index (χ1) is 46.5. The molecule has 0 saturated heterocycles. The van der Waals surface area contributed by atoms with Crippen molar-refractivity contribution in [3.05, 3.63) is 327 Å². The molecule has 19 rings (SSSR count). The Balaban J connectivity index is 0.722. The molecule has 0 aliphatic heterocycles. The lowest BCUT2D eigenvalue weighted by Crippen LogP contribution is -1.99. The van der Waals surface area contributed by atoms with E-state index in [0.29, 0.717) is 11.4 Å². The number of rotatable bonds is 9. The van der Waals surface area contributed by atoms with E-state index in [2.05, 4.69) is 328 Å². The summed E-state index contributed by atoms with van der Waals surface area (Å²) in [5.74, 6) is 0.610. The molecule has 7 nitrogen and oxygen atoms in total. The largest absolute Gasteiger partial charge is 0.309 e. The summed E-state index contributed by atoms with van der Waals surface area (Å²) in [5.41, 5.74) is 23.2. The third-order valence-electron chi connectivity index (χ3n) is 19.1. The van der Waals surface area contributed by atoms with Crippen molar-refractivity contribution in [3.8, 4) is 85.0 Å². The molecule has 0 saturated carbocycles. The van der Waals surface area contributed by atoms with Crippen molar-refractivity contribution in [2.24, 2.45) is 0 Å². The SMILES string of the molecule is N#Cc1ccc2cc(-c3cc(-c4cccc(-n5c6ccccc6c6cc(-c7ccc8c(c7)c7ccccc7n8-c7ccccc7)ccc65)c4)nc(-c4cccc(-n5c6ccccc6c6cc(-c7ccc8c(c7)c7ccccc7n8-c7ccccc7)ccc65)c4)n3)ccc2c1. The third-order valence-corrected chi connectivity index (χ3v) is 19.1. The highest BCUT2D eigenvalue weighted by atomic mass is 15.0. The highest BCUT2D eigenvalue weighted by Crippen LogP contribution is 2.42. The molecule has 19 aromatic rings. The Morgan fingerprint density at radius 3 is 0.989 bits per heavy atom. The fourth-order valence-corrected chi connectivity index (χ4v) is 14.8. The van der Waals surface area contributed by atoms with Crippen molar-refractivity contribution in [1.82, 2.24) is 28.2 Å². The Hall–Kier alpha value is -12.9. The van der Waals surface area contributed by atoms with Gasteiger partial charge in [0.25, 0.3) is 0 Å². The summed E-state index contributed by atoms with van der Waals surface area (Å²) in [4.78, 5) is 11.0. The van der Waals surface area contributed by atoms with Gasteiger partial charge in [0.15, 0.2) is 5.82 Å². The lowest BCUT2D eigenvalue weighted by Gasteiger charge is -2.14. The molecule has 5 heterocycles. The van der Waals surface area contributed by atoms with Crippen molar-refractivity contribution in [2.75, 3.05) is 0 Å². The summed E-state index contributed by atoms with van der Waals surface area (Å²) in [6.07, 6.45) is 0. The first-order valence-electron chi connectivity index (χ1n) is 31.8. The molecule has 436 valence electrons. The van der Waals surface area contributed by atoms with E-state index >= 15 is 0 Å². The number of nitrogens with zero attached hydrogens (tertiary/aromatic N) is 7. The minimum absolute atomic E-state index is 0.610. The van der Waals surface area contributed by atoms with E-state index in [0.717, 1.165) is 94.8 Å². The standard InChI is InChI=1S/C87H53N7/c88-54-55-33-34-57-46-63(36-35-56(57)45-55)78-53-77(62-17-15-23-67(47-62)93-81-31-13-9-27-71(81)75-51-60(39-43-85(75)93)58-37-41-83-73(49-58)69-25-7-11-29-79(69)91(83)65-19-3-1-4-20-65)89-87(90-78)64-18-16-24-68(48-64)94-82-32-14-10-28-72(82)76-52-61(40-44-86(76)94)59-38-42-84-74(50-59)70-26-8-12-30-80(70)92(84)66-21-5-2-6-22-66/h1-53H. The number of hydrogen-bond acceptors (Lipinski definition) is 3. The molecule has 0 N–H and O–H groups in total. The zero-order valence-electron chi connectivity index (χ0n) is 50.7. The molecule has 5 aromatic heterocycles. The van der Waals surface area contributed by atoms with Gasteiger partial charge in [0, 0.05) is 82.5 Å². The van der Waals surface area contributed by atoms with Gasteiger partial charge in [-0.05, 0) is 179 Å². The van der Waals surface area contributed by atoms with Gasteiger partial charge in [-0.1, -0.05) is 176 Å². The molecular formula is C87H53N7. The molecule has 0 amide bonds. The maximum absolute atomic E-state index is 9.78. The summed E-state index contributed by atoms with van der Waals surface area (Å²) in [5, 5.41) is 21.4. The van der Waals surface area contributed by atoms with Crippen LogP contribution in [0, 0.1) is 11.3 Å². The Morgan fingerprint density at radius 2 is 0.553 bits per heavy atom. The van der Waals surface area contributed by atoms with Gasteiger partial charge in [-0.15, -0.1) is 0 Å². The zero-order chi connectivity index (χ0) is 62.0. The molecule has 0 bridgehead atoms. The van der Waals surface area contributed by atoms with Gasteiger partial charge in [0.2, 0.25) is 0 Å². The Morgan fingerprint density at radius 1 is 0.223 bits per heavy atom. The van der Waals surface area contributed by atoms with Crippen LogP contribution in [0.5, 0.6) is 0 Å². The first-order valence-corrected chi connectivity index (χ1v) is 31.8.